The third-order valence-corrected chi connectivity index (χ3v) is 2.13. The molecular formula is C12H14N2O. The Hall–Kier alpha value is -1.77. The van der Waals surface area contributed by atoms with E-state index in [0.717, 1.165) is 23.6 Å². The molecule has 0 unspecified atom stereocenters. The summed E-state index contributed by atoms with van der Waals surface area (Å²) in [5, 5.41) is 7.05. The topological polar surface area (TPSA) is 37.9 Å². The molecule has 3 heteroatoms. The number of para-hydroxylation sites is 1. The number of ether oxygens (including phenoxy) is 1. The third kappa shape index (κ3) is 2.84. The Morgan fingerprint density at radius 2 is 2.07 bits per heavy atom. The molecule has 0 atom stereocenters. The average Bonchev–Trinajstić information content (AvgIpc) is 2.66. The Morgan fingerprint density at radius 3 is 2.73 bits per heavy atom. The van der Waals surface area contributed by atoms with Crippen molar-refractivity contribution in [2.24, 2.45) is 0 Å². The van der Waals surface area contributed by atoms with Crippen LogP contribution in [0.15, 0.2) is 36.4 Å². The molecule has 0 radical (unpaired) electrons. The predicted octanol–water partition coefficient (Wildman–Crippen LogP) is 2.34. The van der Waals surface area contributed by atoms with Crippen LogP contribution in [0.5, 0.6) is 5.75 Å². The molecule has 0 bridgehead atoms. The van der Waals surface area contributed by atoms with Crippen molar-refractivity contribution in [3.63, 3.8) is 0 Å². The van der Waals surface area contributed by atoms with Crippen molar-refractivity contribution in [3.8, 4) is 5.75 Å². The smallest absolute Gasteiger partial charge is 0.119 e. The quantitative estimate of drug-likeness (QED) is 0.826. The van der Waals surface area contributed by atoms with E-state index in [2.05, 4.69) is 10.2 Å². The monoisotopic (exact) mass is 202 g/mol. The van der Waals surface area contributed by atoms with Crippen LogP contribution in [0.1, 0.15) is 11.4 Å². The highest BCUT2D eigenvalue weighted by atomic mass is 16.5. The zero-order chi connectivity index (χ0) is 10.5. The molecule has 1 aromatic heterocycles. The molecule has 78 valence electrons. The van der Waals surface area contributed by atoms with Gasteiger partial charge in [0.25, 0.3) is 0 Å². The summed E-state index contributed by atoms with van der Waals surface area (Å²) in [6, 6.07) is 11.9. The normalized spacial score (nSPS) is 10.2. The van der Waals surface area contributed by atoms with Gasteiger partial charge in [0.05, 0.1) is 12.3 Å². The van der Waals surface area contributed by atoms with Crippen LogP contribution in [0.2, 0.25) is 0 Å². The molecule has 2 rings (SSSR count). The number of H-pyrrole nitrogens is 1. The largest absolute Gasteiger partial charge is 0.493 e. The van der Waals surface area contributed by atoms with Crippen molar-refractivity contribution in [2.75, 3.05) is 6.61 Å². The minimum atomic E-state index is 0.661. The lowest BCUT2D eigenvalue weighted by molar-refractivity contribution is 0.320. The molecule has 0 saturated carbocycles. The Morgan fingerprint density at radius 1 is 1.27 bits per heavy atom. The van der Waals surface area contributed by atoms with Gasteiger partial charge >= 0.3 is 0 Å². The minimum absolute atomic E-state index is 0.661. The Bertz CT molecular complexity index is 409. The fraction of sp³-hybridized carbons (Fsp3) is 0.250. The molecule has 3 nitrogen and oxygen atoms in total. The first-order valence-electron chi connectivity index (χ1n) is 5.03. The number of aromatic amines is 1. The molecular weight excluding hydrogens is 188 g/mol. The van der Waals surface area contributed by atoms with Gasteiger partial charge in [-0.1, -0.05) is 18.2 Å². The average molecular weight is 202 g/mol. The van der Waals surface area contributed by atoms with Gasteiger partial charge in [-0.3, -0.25) is 5.10 Å². The van der Waals surface area contributed by atoms with Crippen molar-refractivity contribution in [1.82, 2.24) is 10.2 Å². The molecule has 0 aliphatic rings. The molecule has 0 fully saturated rings. The summed E-state index contributed by atoms with van der Waals surface area (Å²) in [5.41, 5.74) is 2.13. The van der Waals surface area contributed by atoms with Gasteiger partial charge in [0.1, 0.15) is 5.75 Å². The van der Waals surface area contributed by atoms with E-state index < -0.39 is 0 Å². The van der Waals surface area contributed by atoms with Gasteiger partial charge in [0, 0.05) is 12.1 Å². The number of benzene rings is 1. The van der Waals surface area contributed by atoms with Crippen molar-refractivity contribution < 1.29 is 4.74 Å². The molecule has 0 spiro atoms. The third-order valence-electron chi connectivity index (χ3n) is 2.13. The Balaban J connectivity index is 1.80. The van der Waals surface area contributed by atoms with E-state index in [1.54, 1.807) is 0 Å². The minimum Gasteiger partial charge on any atom is -0.493 e. The highest BCUT2D eigenvalue weighted by molar-refractivity contribution is 5.21. The second-order valence-electron chi connectivity index (χ2n) is 3.45. The molecule has 1 N–H and O–H groups in total. The molecule has 0 amide bonds. The molecule has 0 aliphatic carbocycles. The first-order valence-corrected chi connectivity index (χ1v) is 5.03. The standard InChI is InChI=1S/C12H14N2O/c1-10-9-11(14-13-10)7-8-15-12-5-3-2-4-6-12/h2-6,9H,7-8H2,1H3,(H,13,14). The van der Waals surface area contributed by atoms with Crippen LogP contribution in [0.3, 0.4) is 0 Å². The fourth-order valence-electron chi connectivity index (χ4n) is 1.39. The summed E-state index contributed by atoms with van der Waals surface area (Å²) in [6.45, 7) is 2.66. The number of aryl methyl sites for hydroxylation is 1. The molecule has 2 aromatic rings. The van der Waals surface area contributed by atoms with Crippen molar-refractivity contribution in [3.05, 3.63) is 47.8 Å². The van der Waals surface area contributed by atoms with Crippen LogP contribution in [0.4, 0.5) is 0 Å². The number of nitrogens with one attached hydrogen (secondary N) is 1. The van der Waals surface area contributed by atoms with Gasteiger partial charge in [-0.25, -0.2) is 0 Å². The molecule has 15 heavy (non-hydrogen) atoms. The van der Waals surface area contributed by atoms with E-state index in [1.807, 2.05) is 43.3 Å². The van der Waals surface area contributed by atoms with Crippen LogP contribution in [0.25, 0.3) is 0 Å². The first-order chi connectivity index (χ1) is 7.34. The second-order valence-corrected chi connectivity index (χ2v) is 3.45. The summed E-state index contributed by atoms with van der Waals surface area (Å²) >= 11 is 0. The van der Waals surface area contributed by atoms with Crippen molar-refractivity contribution in [1.29, 1.82) is 0 Å². The Labute approximate surface area is 89.1 Å². The van der Waals surface area contributed by atoms with E-state index in [4.69, 9.17) is 4.74 Å². The highest BCUT2D eigenvalue weighted by Crippen LogP contribution is 2.08. The van der Waals surface area contributed by atoms with Crippen LogP contribution >= 0.6 is 0 Å². The van der Waals surface area contributed by atoms with Gasteiger partial charge in [-0.15, -0.1) is 0 Å². The molecule has 0 aliphatic heterocycles. The van der Waals surface area contributed by atoms with Crippen LogP contribution in [0, 0.1) is 6.92 Å². The van der Waals surface area contributed by atoms with Crippen molar-refractivity contribution in [2.45, 2.75) is 13.3 Å². The van der Waals surface area contributed by atoms with Gasteiger partial charge in [0.2, 0.25) is 0 Å². The zero-order valence-corrected chi connectivity index (χ0v) is 8.73. The summed E-state index contributed by atoms with van der Waals surface area (Å²) in [4.78, 5) is 0. The van der Waals surface area contributed by atoms with Crippen LogP contribution in [-0.2, 0) is 6.42 Å². The molecule has 1 heterocycles. The van der Waals surface area contributed by atoms with E-state index in [0.29, 0.717) is 6.61 Å². The lowest BCUT2D eigenvalue weighted by Gasteiger charge is -2.03. The molecule has 1 aromatic carbocycles. The summed E-state index contributed by atoms with van der Waals surface area (Å²) in [6.07, 6.45) is 0.833. The van der Waals surface area contributed by atoms with Gasteiger partial charge in [0.15, 0.2) is 0 Å². The first kappa shape index (κ1) is 9.77. The van der Waals surface area contributed by atoms with Crippen molar-refractivity contribution >= 4 is 0 Å². The predicted molar refractivity (Wildman–Crippen MR) is 59.0 cm³/mol. The lowest BCUT2D eigenvalue weighted by Crippen LogP contribution is -2.01. The fourth-order valence-corrected chi connectivity index (χ4v) is 1.39. The zero-order valence-electron chi connectivity index (χ0n) is 8.73. The summed E-state index contributed by atoms with van der Waals surface area (Å²) in [5.74, 6) is 0.907. The van der Waals surface area contributed by atoms with E-state index >= 15 is 0 Å². The Kier molecular flexibility index (Phi) is 3.02. The number of nitrogens with zero attached hydrogens (tertiary/aromatic N) is 1. The van der Waals surface area contributed by atoms with E-state index in [-0.39, 0.29) is 0 Å². The summed E-state index contributed by atoms with van der Waals surface area (Å²) in [7, 11) is 0. The number of rotatable bonds is 4. The SMILES string of the molecule is Cc1cc(CCOc2ccccc2)n[nH]1. The van der Waals surface area contributed by atoms with Gasteiger partial charge in [-0.05, 0) is 25.1 Å². The number of aromatic nitrogens is 2. The maximum Gasteiger partial charge on any atom is 0.119 e. The van der Waals surface area contributed by atoms with E-state index in [1.165, 1.54) is 0 Å². The van der Waals surface area contributed by atoms with E-state index in [9.17, 15) is 0 Å². The number of hydrogen-bond donors (Lipinski definition) is 1. The summed E-state index contributed by atoms with van der Waals surface area (Å²) < 4.78 is 5.57. The lowest BCUT2D eigenvalue weighted by atomic mass is 10.3. The van der Waals surface area contributed by atoms with Gasteiger partial charge in [-0.2, -0.15) is 5.10 Å². The maximum absolute atomic E-state index is 5.57. The molecule has 0 saturated heterocycles. The van der Waals surface area contributed by atoms with Crippen LogP contribution in [-0.4, -0.2) is 16.8 Å². The van der Waals surface area contributed by atoms with Crippen LogP contribution < -0.4 is 4.74 Å². The van der Waals surface area contributed by atoms with Gasteiger partial charge < -0.3 is 4.74 Å². The number of hydrogen-bond acceptors (Lipinski definition) is 2. The maximum atomic E-state index is 5.57. The second kappa shape index (κ2) is 4.64. The highest BCUT2D eigenvalue weighted by Gasteiger charge is 1.98.